The summed E-state index contributed by atoms with van der Waals surface area (Å²) in [6, 6.07) is 0. The van der Waals surface area contributed by atoms with Gasteiger partial charge < -0.3 is 4.57 Å². The molecule has 8 nitrogen and oxygen atoms in total. The molecule has 23 heavy (non-hydrogen) atoms. The van der Waals surface area contributed by atoms with E-state index in [9.17, 15) is 8.42 Å². The Labute approximate surface area is 135 Å². The third-order valence-electron chi connectivity index (χ3n) is 4.78. The number of aromatic nitrogens is 5. The zero-order chi connectivity index (χ0) is 16.0. The first kappa shape index (κ1) is 14.8. The maximum atomic E-state index is 12.6. The lowest BCUT2D eigenvalue weighted by atomic mass is 9.97. The van der Waals surface area contributed by atoms with Crippen LogP contribution in [0.1, 0.15) is 36.8 Å². The molecule has 9 heteroatoms. The van der Waals surface area contributed by atoms with E-state index in [1.54, 1.807) is 17.5 Å². The topological polar surface area (TPSA) is 85.9 Å². The predicted molar refractivity (Wildman–Crippen MR) is 82.3 cm³/mol. The van der Waals surface area contributed by atoms with Gasteiger partial charge in [-0.2, -0.15) is 9.40 Å². The molecule has 124 valence electrons. The molecule has 1 saturated heterocycles. The Morgan fingerprint density at radius 2 is 1.96 bits per heavy atom. The fourth-order valence-corrected chi connectivity index (χ4v) is 4.97. The average Bonchev–Trinajstić information content (AvgIpc) is 3.23. The summed E-state index contributed by atoms with van der Waals surface area (Å²) < 4.78 is 30.5. The molecule has 0 radical (unpaired) electrons. The van der Waals surface area contributed by atoms with Crippen molar-refractivity contribution < 1.29 is 8.42 Å². The van der Waals surface area contributed by atoms with Crippen molar-refractivity contribution in [3.05, 3.63) is 24.0 Å². The van der Waals surface area contributed by atoms with Crippen molar-refractivity contribution in [3.8, 4) is 0 Å². The summed E-state index contributed by atoms with van der Waals surface area (Å²) >= 11 is 0. The molecule has 0 saturated carbocycles. The molecule has 0 atom stereocenters. The maximum absolute atomic E-state index is 12.6. The molecule has 0 unspecified atom stereocenters. The average molecular weight is 336 g/mol. The zero-order valence-electron chi connectivity index (χ0n) is 13.1. The third kappa shape index (κ3) is 2.47. The van der Waals surface area contributed by atoms with Gasteiger partial charge in [-0.1, -0.05) is 0 Å². The predicted octanol–water partition coefficient (Wildman–Crippen LogP) is 0.526. The van der Waals surface area contributed by atoms with Crippen LogP contribution in [0.2, 0.25) is 0 Å². The monoisotopic (exact) mass is 336 g/mol. The van der Waals surface area contributed by atoms with Gasteiger partial charge in [-0.05, 0) is 19.3 Å². The molecule has 0 aliphatic carbocycles. The number of hydrogen-bond donors (Lipinski definition) is 0. The Morgan fingerprint density at radius 1 is 1.17 bits per heavy atom. The molecular weight excluding hydrogens is 316 g/mol. The zero-order valence-corrected chi connectivity index (χ0v) is 13.9. The number of hydrogen-bond acceptors (Lipinski definition) is 5. The van der Waals surface area contributed by atoms with E-state index in [0.717, 1.165) is 43.9 Å². The van der Waals surface area contributed by atoms with Gasteiger partial charge in [0.2, 0.25) is 10.0 Å². The highest BCUT2D eigenvalue weighted by molar-refractivity contribution is 7.89. The molecular formula is C14H20N6O2S. The van der Waals surface area contributed by atoms with Gasteiger partial charge in [0.1, 0.15) is 16.5 Å². The Balaban J connectivity index is 1.49. The first-order valence-electron chi connectivity index (χ1n) is 7.96. The minimum absolute atomic E-state index is 0.266. The minimum atomic E-state index is -3.44. The van der Waals surface area contributed by atoms with Crippen LogP contribution in [0.5, 0.6) is 0 Å². The van der Waals surface area contributed by atoms with Crippen LogP contribution < -0.4 is 0 Å². The third-order valence-corrected chi connectivity index (χ3v) is 6.63. The molecule has 2 aromatic heterocycles. The standard InChI is InChI=1S/C14H20N6O2S/c1-18-10-12(9-15-18)23(21,22)19-7-4-11(5-8-19)14-17-16-13-3-2-6-20(13)14/h9-11H,2-8H2,1H3. The van der Waals surface area contributed by atoms with Crippen molar-refractivity contribution in [3.63, 3.8) is 0 Å². The largest absolute Gasteiger partial charge is 0.315 e. The first-order chi connectivity index (χ1) is 11.1. The van der Waals surface area contributed by atoms with Crippen LogP contribution in [0.4, 0.5) is 0 Å². The van der Waals surface area contributed by atoms with Gasteiger partial charge in [0.05, 0.1) is 6.20 Å². The van der Waals surface area contributed by atoms with Crippen molar-refractivity contribution in [2.75, 3.05) is 13.1 Å². The Kier molecular flexibility index (Phi) is 3.49. The fraction of sp³-hybridized carbons (Fsp3) is 0.643. The van der Waals surface area contributed by atoms with E-state index in [4.69, 9.17) is 0 Å². The van der Waals surface area contributed by atoms with E-state index in [2.05, 4.69) is 19.9 Å². The molecule has 2 aromatic rings. The van der Waals surface area contributed by atoms with Crippen LogP contribution in [0.25, 0.3) is 0 Å². The number of rotatable bonds is 3. The van der Waals surface area contributed by atoms with E-state index in [0.29, 0.717) is 19.0 Å². The lowest BCUT2D eigenvalue weighted by Crippen LogP contribution is -2.38. The number of piperidine rings is 1. The van der Waals surface area contributed by atoms with Crippen LogP contribution in [0.15, 0.2) is 17.3 Å². The molecule has 0 aromatic carbocycles. The summed E-state index contributed by atoms with van der Waals surface area (Å²) in [7, 11) is -1.72. The Bertz CT molecular complexity index is 816. The molecule has 2 aliphatic heterocycles. The normalized spacial score (nSPS) is 20.0. The van der Waals surface area contributed by atoms with Gasteiger partial charge in [0, 0.05) is 45.2 Å². The van der Waals surface area contributed by atoms with Crippen molar-refractivity contribution in [2.45, 2.75) is 43.0 Å². The summed E-state index contributed by atoms with van der Waals surface area (Å²) in [4.78, 5) is 0.266. The lowest BCUT2D eigenvalue weighted by molar-refractivity contribution is 0.309. The van der Waals surface area contributed by atoms with E-state index in [-0.39, 0.29) is 4.90 Å². The van der Waals surface area contributed by atoms with Gasteiger partial charge in [0.15, 0.2) is 0 Å². The number of fused-ring (bicyclic) bond motifs is 1. The molecule has 0 amide bonds. The van der Waals surface area contributed by atoms with E-state index >= 15 is 0 Å². The summed E-state index contributed by atoms with van der Waals surface area (Å²) in [5.74, 6) is 2.41. The van der Waals surface area contributed by atoms with Crippen LogP contribution in [0, 0.1) is 0 Å². The second kappa shape index (κ2) is 5.41. The van der Waals surface area contributed by atoms with E-state index in [1.807, 2.05) is 0 Å². The quantitative estimate of drug-likeness (QED) is 0.816. The molecule has 1 fully saturated rings. The molecule has 4 rings (SSSR count). The van der Waals surface area contributed by atoms with Crippen molar-refractivity contribution in [1.29, 1.82) is 0 Å². The van der Waals surface area contributed by atoms with Crippen LogP contribution in [0.3, 0.4) is 0 Å². The Morgan fingerprint density at radius 3 is 2.65 bits per heavy atom. The van der Waals surface area contributed by atoms with Gasteiger partial charge in [-0.25, -0.2) is 8.42 Å². The number of aryl methyl sites for hydroxylation is 2. The fourth-order valence-electron chi connectivity index (χ4n) is 3.51. The molecule has 4 heterocycles. The summed E-state index contributed by atoms with van der Waals surface area (Å²) in [5, 5.41) is 12.6. The van der Waals surface area contributed by atoms with Crippen LogP contribution in [-0.4, -0.2) is 50.4 Å². The highest BCUT2D eigenvalue weighted by Gasteiger charge is 2.33. The molecule has 0 spiro atoms. The number of nitrogens with zero attached hydrogens (tertiary/aromatic N) is 6. The Hall–Kier alpha value is -1.74. The van der Waals surface area contributed by atoms with Gasteiger partial charge in [-0.3, -0.25) is 4.68 Å². The van der Waals surface area contributed by atoms with Crippen molar-refractivity contribution in [2.24, 2.45) is 7.05 Å². The van der Waals surface area contributed by atoms with E-state index in [1.165, 1.54) is 10.9 Å². The SMILES string of the molecule is Cn1cc(S(=O)(=O)N2CCC(c3nnc4n3CCC4)CC2)cn1. The second-order valence-corrected chi connectivity index (χ2v) is 8.20. The van der Waals surface area contributed by atoms with Gasteiger partial charge in [-0.15, -0.1) is 10.2 Å². The molecule has 0 bridgehead atoms. The van der Waals surface area contributed by atoms with Crippen LogP contribution >= 0.6 is 0 Å². The highest BCUT2D eigenvalue weighted by atomic mass is 32.2. The minimum Gasteiger partial charge on any atom is -0.315 e. The molecule has 2 aliphatic rings. The molecule has 0 N–H and O–H groups in total. The maximum Gasteiger partial charge on any atom is 0.246 e. The lowest BCUT2D eigenvalue weighted by Gasteiger charge is -2.30. The summed E-state index contributed by atoms with van der Waals surface area (Å²) in [6.07, 6.45) is 6.67. The summed E-state index contributed by atoms with van der Waals surface area (Å²) in [5.41, 5.74) is 0. The van der Waals surface area contributed by atoms with Crippen LogP contribution in [-0.2, 0) is 30.0 Å². The smallest absolute Gasteiger partial charge is 0.246 e. The first-order valence-corrected chi connectivity index (χ1v) is 9.40. The van der Waals surface area contributed by atoms with E-state index < -0.39 is 10.0 Å². The van der Waals surface area contributed by atoms with Crippen molar-refractivity contribution >= 4 is 10.0 Å². The van der Waals surface area contributed by atoms with Gasteiger partial charge in [0.25, 0.3) is 0 Å². The highest BCUT2D eigenvalue weighted by Crippen LogP contribution is 2.31. The number of sulfonamides is 1. The van der Waals surface area contributed by atoms with Gasteiger partial charge >= 0.3 is 0 Å². The summed E-state index contributed by atoms with van der Waals surface area (Å²) in [6.45, 7) is 2.03. The second-order valence-electron chi connectivity index (χ2n) is 6.26. The van der Waals surface area contributed by atoms with Crippen molar-refractivity contribution in [1.82, 2.24) is 28.9 Å².